The van der Waals surface area contributed by atoms with Crippen molar-refractivity contribution in [3.8, 4) is 11.1 Å². The van der Waals surface area contributed by atoms with Gasteiger partial charge in [0.25, 0.3) is 0 Å². The number of benzene rings is 1. The molecule has 0 fully saturated rings. The number of fused-ring (bicyclic) bond motifs is 1. The molecule has 0 saturated carbocycles. The van der Waals surface area contributed by atoms with Gasteiger partial charge < -0.3 is 5.32 Å². The SMILES string of the molecule is Cc1ccc(-c2c(C)nn3c(NC(C)C)cc(C)nc23)cc1. The van der Waals surface area contributed by atoms with Gasteiger partial charge >= 0.3 is 0 Å². The van der Waals surface area contributed by atoms with Gasteiger partial charge in [-0.15, -0.1) is 0 Å². The van der Waals surface area contributed by atoms with Crippen molar-refractivity contribution in [1.82, 2.24) is 14.6 Å². The fraction of sp³-hybridized carbons (Fsp3) is 0.333. The summed E-state index contributed by atoms with van der Waals surface area (Å²) in [6.07, 6.45) is 0. The second-order valence-electron chi connectivity index (χ2n) is 6.14. The molecule has 114 valence electrons. The van der Waals surface area contributed by atoms with Gasteiger partial charge in [-0.3, -0.25) is 0 Å². The Morgan fingerprint density at radius 2 is 1.73 bits per heavy atom. The number of hydrogen-bond donors (Lipinski definition) is 1. The minimum Gasteiger partial charge on any atom is -0.368 e. The Hall–Kier alpha value is -2.36. The Morgan fingerprint density at radius 3 is 2.36 bits per heavy atom. The Balaban J connectivity index is 2.25. The molecule has 0 aliphatic carbocycles. The van der Waals surface area contributed by atoms with E-state index in [1.54, 1.807) is 0 Å². The quantitative estimate of drug-likeness (QED) is 0.789. The van der Waals surface area contributed by atoms with Crippen LogP contribution in [0, 0.1) is 20.8 Å². The molecule has 1 aromatic carbocycles. The fourth-order valence-electron chi connectivity index (χ4n) is 2.70. The number of nitrogens with zero attached hydrogens (tertiary/aromatic N) is 3. The van der Waals surface area contributed by atoms with Crippen molar-refractivity contribution >= 4 is 11.5 Å². The molecular weight excluding hydrogens is 272 g/mol. The summed E-state index contributed by atoms with van der Waals surface area (Å²) in [7, 11) is 0. The molecular formula is C18H22N4. The van der Waals surface area contributed by atoms with Crippen LogP contribution in [0.25, 0.3) is 16.8 Å². The van der Waals surface area contributed by atoms with E-state index in [1.165, 1.54) is 5.56 Å². The highest BCUT2D eigenvalue weighted by Crippen LogP contribution is 2.29. The van der Waals surface area contributed by atoms with Gasteiger partial charge in [0.1, 0.15) is 5.82 Å². The lowest BCUT2D eigenvalue weighted by molar-refractivity contribution is 0.842. The molecule has 22 heavy (non-hydrogen) atoms. The van der Waals surface area contributed by atoms with E-state index in [9.17, 15) is 0 Å². The molecule has 0 unspecified atom stereocenters. The second-order valence-corrected chi connectivity index (χ2v) is 6.14. The summed E-state index contributed by atoms with van der Waals surface area (Å²) in [5.41, 5.74) is 6.41. The van der Waals surface area contributed by atoms with E-state index >= 15 is 0 Å². The predicted molar refractivity (Wildman–Crippen MR) is 91.4 cm³/mol. The van der Waals surface area contributed by atoms with E-state index < -0.39 is 0 Å². The molecule has 0 aliphatic heterocycles. The van der Waals surface area contributed by atoms with E-state index in [0.717, 1.165) is 34.0 Å². The Bertz CT molecular complexity index is 813. The summed E-state index contributed by atoms with van der Waals surface area (Å²) in [5.74, 6) is 0.985. The minimum absolute atomic E-state index is 0.345. The van der Waals surface area contributed by atoms with E-state index in [2.05, 4.69) is 50.4 Å². The van der Waals surface area contributed by atoms with Crippen molar-refractivity contribution < 1.29 is 0 Å². The maximum atomic E-state index is 4.72. The first kappa shape index (κ1) is 14.6. The number of aryl methyl sites for hydroxylation is 3. The summed E-state index contributed by atoms with van der Waals surface area (Å²) < 4.78 is 1.91. The van der Waals surface area contributed by atoms with Gasteiger partial charge in [-0.1, -0.05) is 29.8 Å². The lowest BCUT2D eigenvalue weighted by Gasteiger charge is -2.12. The van der Waals surface area contributed by atoms with E-state index in [0.29, 0.717) is 6.04 Å². The van der Waals surface area contributed by atoms with Gasteiger partial charge in [0.2, 0.25) is 0 Å². The molecule has 2 aromatic heterocycles. The van der Waals surface area contributed by atoms with E-state index in [1.807, 2.05) is 24.4 Å². The molecule has 0 saturated heterocycles. The average Bonchev–Trinajstić information content (AvgIpc) is 2.76. The van der Waals surface area contributed by atoms with Gasteiger partial charge in [0, 0.05) is 23.4 Å². The Kier molecular flexibility index (Phi) is 3.61. The molecule has 0 aliphatic rings. The summed E-state index contributed by atoms with van der Waals surface area (Å²) >= 11 is 0. The second kappa shape index (κ2) is 5.44. The van der Waals surface area contributed by atoms with Gasteiger partial charge in [0.15, 0.2) is 5.65 Å². The predicted octanol–water partition coefficient (Wildman–Crippen LogP) is 4.14. The third kappa shape index (κ3) is 2.56. The zero-order chi connectivity index (χ0) is 15.9. The van der Waals surface area contributed by atoms with Gasteiger partial charge in [-0.05, 0) is 40.2 Å². The molecule has 1 N–H and O–H groups in total. The number of anilines is 1. The van der Waals surface area contributed by atoms with Crippen LogP contribution in [0.15, 0.2) is 30.3 Å². The summed E-state index contributed by atoms with van der Waals surface area (Å²) in [6, 6.07) is 10.9. The highest BCUT2D eigenvalue weighted by Gasteiger charge is 2.16. The van der Waals surface area contributed by atoms with Crippen LogP contribution in [-0.2, 0) is 0 Å². The molecule has 3 aromatic rings. The monoisotopic (exact) mass is 294 g/mol. The molecule has 0 atom stereocenters. The van der Waals surface area contributed by atoms with Crippen molar-refractivity contribution in [2.45, 2.75) is 40.7 Å². The van der Waals surface area contributed by atoms with Crippen molar-refractivity contribution in [3.63, 3.8) is 0 Å². The number of rotatable bonds is 3. The average molecular weight is 294 g/mol. The number of hydrogen-bond acceptors (Lipinski definition) is 3. The van der Waals surface area contributed by atoms with Gasteiger partial charge in [0.05, 0.1) is 5.69 Å². The van der Waals surface area contributed by atoms with Crippen LogP contribution in [0.3, 0.4) is 0 Å². The molecule has 0 spiro atoms. The topological polar surface area (TPSA) is 42.2 Å². The zero-order valence-corrected chi connectivity index (χ0v) is 13.8. The first-order valence-corrected chi connectivity index (χ1v) is 7.66. The van der Waals surface area contributed by atoms with Crippen LogP contribution < -0.4 is 5.32 Å². The lowest BCUT2D eigenvalue weighted by Crippen LogP contribution is -2.14. The van der Waals surface area contributed by atoms with Crippen molar-refractivity contribution in [3.05, 3.63) is 47.3 Å². The number of aromatic nitrogens is 3. The first-order valence-electron chi connectivity index (χ1n) is 7.66. The van der Waals surface area contributed by atoms with Crippen LogP contribution in [0.2, 0.25) is 0 Å². The Morgan fingerprint density at radius 1 is 1.05 bits per heavy atom. The molecule has 2 heterocycles. The molecule has 4 nitrogen and oxygen atoms in total. The fourth-order valence-corrected chi connectivity index (χ4v) is 2.70. The lowest BCUT2D eigenvalue weighted by atomic mass is 10.0. The van der Waals surface area contributed by atoms with Crippen LogP contribution in [0.5, 0.6) is 0 Å². The van der Waals surface area contributed by atoms with Crippen molar-refractivity contribution in [2.75, 3.05) is 5.32 Å². The maximum absolute atomic E-state index is 4.72. The highest BCUT2D eigenvalue weighted by molar-refractivity contribution is 5.81. The molecule has 4 heteroatoms. The third-order valence-corrected chi connectivity index (χ3v) is 3.67. The van der Waals surface area contributed by atoms with Gasteiger partial charge in [-0.2, -0.15) is 9.61 Å². The largest absolute Gasteiger partial charge is 0.368 e. The van der Waals surface area contributed by atoms with Crippen LogP contribution >= 0.6 is 0 Å². The number of nitrogens with one attached hydrogen (secondary N) is 1. The molecule has 0 amide bonds. The van der Waals surface area contributed by atoms with Crippen LogP contribution in [0.1, 0.15) is 30.8 Å². The summed E-state index contributed by atoms with van der Waals surface area (Å²) in [5, 5.41) is 8.15. The van der Waals surface area contributed by atoms with Crippen molar-refractivity contribution in [1.29, 1.82) is 0 Å². The molecule has 0 radical (unpaired) electrons. The first-order chi connectivity index (χ1) is 10.5. The van der Waals surface area contributed by atoms with E-state index in [4.69, 9.17) is 10.1 Å². The zero-order valence-electron chi connectivity index (χ0n) is 13.8. The third-order valence-electron chi connectivity index (χ3n) is 3.67. The van der Waals surface area contributed by atoms with Gasteiger partial charge in [-0.25, -0.2) is 4.98 Å². The Labute approximate surface area is 131 Å². The summed E-state index contributed by atoms with van der Waals surface area (Å²) in [6.45, 7) is 10.4. The van der Waals surface area contributed by atoms with E-state index in [-0.39, 0.29) is 0 Å². The van der Waals surface area contributed by atoms with Crippen LogP contribution in [0.4, 0.5) is 5.82 Å². The smallest absolute Gasteiger partial charge is 0.165 e. The summed E-state index contributed by atoms with van der Waals surface area (Å²) in [4.78, 5) is 4.72. The highest BCUT2D eigenvalue weighted by atomic mass is 15.3. The minimum atomic E-state index is 0.345. The van der Waals surface area contributed by atoms with Crippen LogP contribution in [-0.4, -0.2) is 20.6 Å². The maximum Gasteiger partial charge on any atom is 0.165 e. The van der Waals surface area contributed by atoms with Crippen molar-refractivity contribution in [2.24, 2.45) is 0 Å². The standard InChI is InChI=1S/C18H22N4/c1-11(2)19-16-10-13(4)20-18-17(14(5)21-22(16)18)15-8-6-12(3)7-9-15/h6-11,19H,1-5H3. The molecule has 3 rings (SSSR count). The normalized spacial score (nSPS) is 11.4. The molecule has 0 bridgehead atoms.